The van der Waals surface area contributed by atoms with Gasteiger partial charge in [-0.15, -0.1) is 9.32 Å². The molecule has 3 heterocycles. The number of hydrogen-bond donors (Lipinski definition) is 2. The van der Waals surface area contributed by atoms with Gasteiger partial charge in [0, 0.05) is 37.6 Å². The molecule has 0 saturated carbocycles. The van der Waals surface area contributed by atoms with Crippen molar-refractivity contribution in [2.75, 3.05) is 26.7 Å². The number of hydrogen-bond acceptors (Lipinski definition) is 9. The third kappa shape index (κ3) is 4.19. The second-order valence-electron chi connectivity index (χ2n) is 9.38. The van der Waals surface area contributed by atoms with Crippen LogP contribution in [0.5, 0.6) is 0 Å². The average Bonchev–Trinajstić information content (AvgIpc) is 3.61. The van der Waals surface area contributed by atoms with Gasteiger partial charge in [0.2, 0.25) is 11.8 Å². The van der Waals surface area contributed by atoms with Crippen molar-refractivity contribution in [3.05, 3.63) is 29.3 Å². The zero-order chi connectivity index (χ0) is 23.8. The lowest BCUT2D eigenvalue weighted by Gasteiger charge is -2.38. The lowest BCUT2D eigenvalue weighted by atomic mass is 10.1. The van der Waals surface area contributed by atoms with Crippen LogP contribution < -0.4 is 11.2 Å². The molecule has 0 spiro atoms. The molecule has 3 N–H and O–H groups in total. The number of nitriles is 1. The van der Waals surface area contributed by atoms with Crippen LogP contribution in [0.1, 0.15) is 42.9 Å². The summed E-state index contributed by atoms with van der Waals surface area (Å²) in [4.78, 5) is 37.6. The maximum atomic E-state index is 13.4. The Hall–Kier alpha value is -2.20. The summed E-state index contributed by atoms with van der Waals surface area (Å²) >= 11 is 1.14. The van der Waals surface area contributed by atoms with Gasteiger partial charge in [0.15, 0.2) is 0 Å². The van der Waals surface area contributed by atoms with Gasteiger partial charge in [0.25, 0.3) is 0 Å². The quantitative estimate of drug-likeness (QED) is 0.239. The molecule has 1 aromatic carbocycles. The fourth-order valence-corrected chi connectivity index (χ4v) is 6.51. The van der Waals surface area contributed by atoms with Crippen LogP contribution in [0.25, 0.3) is 0 Å². The molecule has 0 radical (unpaired) electrons. The van der Waals surface area contributed by atoms with E-state index in [2.05, 4.69) is 33.5 Å². The summed E-state index contributed by atoms with van der Waals surface area (Å²) in [6.07, 6.45) is 4.14. The second-order valence-corrected chi connectivity index (χ2v) is 10.2. The molecule has 1 aliphatic carbocycles. The summed E-state index contributed by atoms with van der Waals surface area (Å²) in [5, 5.41) is 9.28. The number of aryl methyl sites for hydroxylation is 1. The van der Waals surface area contributed by atoms with Crippen LogP contribution in [0.2, 0.25) is 0 Å². The van der Waals surface area contributed by atoms with Crippen molar-refractivity contribution in [3.63, 3.8) is 0 Å². The van der Waals surface area contributed by atoms with E-state index in [1.807, 2.05) is 6.07 Å². The molecule has 3 fully saturated rings. The van der Waals surface area contributed by atoms with Crippen molar-refractivity contribution in [2.24, 2.45) is 5.73 Å². The van der Waals surface area contributed by atoms with Crippen LogP contribution >= 0.6 is 12.0 Å². The number of piperazine rings is 1. The Morgan fingerprint density at radius 3 is 3.00 bits per heavy atom. The number of fused-ring (bicyclic) bond motifs is 3. The van der Waals surface area contributed by atoms with Crippen LogP contribution in [0.4, 0.5) is 0 Å². The van der Waals surface area contributed by atoms with Crippen molar-refractivity contribution in [3.8, 4) is 6.07 Å². The Kier molecular flexibility index (Phi) is 6.79. The summed E-state index contributed by atoms with van der Waals surface area (Å²) in [6, 6.07) is 7.28. The molecule has 5 atom stereocenters. The van der Waals surface area contributed by atoms with E-state index in [0.29, 0.717) is 19.5 Å². The largest absolute Gasteiger partial charge is 0.330 e. The summed E-state index contributed by atoms with van der Waals surface area (Å²) < 4.78 is 5.00. The number of rotatable bonds is 8. The molecule has 1 aromatic rings. The Morgan fingerprint density at radius 2 is 2.24 bits per heavy atom. The van der Waals surface area contributed by atoms with Gasteiger partial charge in [0.05, 0.1) is 36.2 Å². The van der Waals surface area contributed by atoms with Crippen LogP contribution in [0.15, 0.2) is 23.1 Å². The normalized spacial score (nSPS) is 29.0. The second kappa shape index (κ2) is 9.81. The molecule has 0 aromatic heterocycles. The van der Waals surface area contributed by atoms with E-state index in [1.165, 1.54) is 11.1 Å². The van der Waals surface area contributed by atoms with Gasteiger partial charge in [-0.1, -0.05) is 6.07 Å². The first-order valence-corrected chi connectivity index (χ1v) is 12.6. The van der Waals surface area contributed by atoms with Gasteiger partial charge < -0.3 is 15.5 Å². The molecular weight excluding hydrogens is 456 g/mol. The fraction of sp³-hybridized carbons (Fsp3) is 0.609. The van der Waals surface area contributed by atoms with E-state index in [4.69, 9.17) is 15.1 Å². The molecule has 4 aliphatic rings. The van der Waals surface area contributed by atoms with Gasteiger partial charge in [-0.3, -0.25) is 14.5 Å². The van der Waals surface area contributed by atoms with Gasteiger partial charge in [-0.25, -0.2) is 0 Å². The average molecular weight is 487 g/mol. The minimum absolute atomic E-state index is 0.0875. The van der Waals surface area contributed by atoms with Gasteiger partial charge in [0.1, 0.15) is 6.04 Å². The van der Waals surface area contributed by atoms with Crippen molar-refractivity contribution in [2.45, 2.75) is 67.2 Å². The number of nitrogens with zero attached hydrogens (tertiary/aromatic N) is 4. The molecule has 11 heteroatoms. The van der Waals surface area contributed by atoms with E-state index in [9.17, 15) is 14.9 Å². The first-order chi connectivity index (χ1) is 16.5. The van der Waals surface area contributed by atoms with Crippen LogP contribution in [-0.2, 0) is 25.3 Å². The van der Waals surface area contributed by atoms with Crippen molar-refractivity contribution >= 4 is 23.9 Å². The first kappa shape index (κ1) is 23.5. The zero-order valence-electron chi connectivity index (χ0n) is 19.2. The van der Waals surface area contributed by atoms with Crippen molar-refractivity contribution in [1.82, 2.24) is 20.2 Å². The Balaban J connectivity index is 1.21. The molecular formula is C23H30N6O4S. The predicted molar refractivity (Wildman–Crippen MR) is 124 cm³/mol. The zero-order valence-corrected chi connectivity index (χ0v) is 20.0. The molecule has 3 aliphatic heterocycles. The van der Waals surface area contributed by atoms with Gasteiger partial charge >= 0.3 is 0 Å². The number of likely N-dealkylation sites (tertiary alicyclic amines) is 3. The molecule has 0 unspecified atom stereocenters. The first-order valence-electron chi connectivity index (χ1n) is 11.8. The summed E-state index contributed by atoms with van der Waals surface area (Å²) in [5.41, 5.74) is 11.2. The molecule has 3 saturated heterocycles. The monoisotopic (exact) mass is 486 g/mol. The lowest BCUT2D eigenvalue weighted by molar-refractivity contribution is -0.237. The highest BCUT2D eigenvalue weighted by Gasteiger charge is 2.53. The van der Waals surface area contributed by atoms with E-state index in [0.717, 1.165) is 49.2 Å². The number of amides is 2. The number of benzene rings is 1. The number of hydroxylamine groups is 1. The fourth-order valence-electron chi connectivity index (χ4n) is 6.01. The number of nitrogens with one attached hydrogen (secondary N) is 1. The number of carbonyl (C=O) groups excluding carboxylic acids is 2. The third-order valence-corrected chi connectivity index (χ3v) is 8.07. The van der Waals surface area contributed by atoms with Gasteiger partial charge in [-0.2, -0.15) is 10.7 Å². The Bertz CT molecular complexity index is 1000. The standard InChI is InChI=1S/C23H30N6O4S/c1-26-32-33-34-17-5-6-18-14(9-17)4-7-20(18)29-16-10-21(23(29)31)27(12-16)13-19(25)22(30)28-8-2-3-15(28)11-24/h5-6,9,15-16,19-21,26H,2-4,7-8,10,12-13,25H2,1H3/t15-,16-,19-,20-,21-/m0/s1. The minimum Gasteiger partial charge on any atom is -0.330 e. The van der Waals surface area contributed by atoms with E-state index in [1.54, 1.807) is 11.9 Å². The van der Waals surface area contributed by atoms with Crippen LogP contribution in [0.3, 0.4) is 0 Å². The highest BCUT2D eigenvalue weighted by molar-refractivity contribution is 7.94. The summed E-state index contributed by atoms with van der Waals surface area (Å²) in [7, 11) is 1.62. The maximum absolute atomic E-state index is 13.4. The SMILES string of the molecule is CNOOSc1ccc2c(c1)CC[C@@H]2N1C(=O)[C@@H]2C[C@H]1CN2C[C@H](N)C(=O)N1CCC[C@H]1C#N. The van der Waals surface area contributed by atoms with E-state index >= 15 is 0 Å². The number of nitrogens with two attached hydrogens (primary N) is 1. The Labute approximate surface area is 203 Å². The van der Waals surface area contributed by atoms with E-state index in [-0.39, 0.29) is 36.0 Å². The third-order valence-electron chi connectivity index (χ3n) is 7.49. The topological polar surface area (TPSA) is 124 Å². The molecule has 10 nitrogen and oxygen atoms in total. The highest BCUT2D eigenvalue weighted by Crippen LogP contribution is 2.44. The van der Waals surface area contributed by atoms with Crippen molar-refractivity contribution < 1.29 is 18.9 Å². The Morgan fingerprint density at radius 1 is 1.38 bits per heavy atom. The van der Waals surface area contributed by atoms with Crippen molar-refractivity contribution in [1.29, 1.82) is 5.26 Å². The van der Waals surface area contributed by atoms with E-state index < -0.39 is 6.04 Å². The molecule has 182 valence electrons. The number of carbonyl (C=O) groups is 2. The molecule has 2 amide bonds. The van der Waals surface area contributed by atoms with Crippen LogP contribution in [0, 0.1) is 11.3 Å². The minimum atomic E-state index is -0.716. The molecule has 34 heavy (non-hydrogen) atoms. The maximum Gasteiger partial charge on any atom is 0.241 e. The summed E-state index contributed by atoms with van der Waals surface area (Å²) in [6.45, 7) is 1.66. The lowest BCUT2D eigenvalue weighted by Crippen LogP contribution is -2.56. The smallest absolute Gasteiger partial charge is 0.241 e. The molecule has 2 bridgehead atoms. The molecule has 5 rings (SSSR count). The highest BCUT2D eigenvalue weighted by atomic mass is 32.2. The summed E-state index contributed by atoms with van der Waals surface area (Å²) in [5.74, 6) is -0.0485. The van der Waals surface area contributed by atoms with Crippen LogP contribution in [-0.4, -0.2) is 77.4 Å². The predicted octanol–water partition coefficient (Wildman–Crippen LogP) is 0.891. The van der Waals surface area contributed by atoms with Gasteiger partial charge in [-0.05, 0) is 55.4 Å².